The number of ether oxygens (including phenoxy) is 2. The van der Waals surface area contributed by atoms with Crippen molar-refractivity contribution in [2.75, 3.05) is 6.61 Å². The van der Waals surface area contributed by atoms with Gasteiger partial charge >= 0.3 is 5.97 Å². The molecule has 1 aliphatic rings. The summed E-state index contributed by atoms with van der Waals surface area (Å²) in [5.41, 5.74) is 2.67. The molecule has 9 heteroatoms. The lowest BCUT2D eigenvalue weighted by molar-refractivity contribution is -0.123. The van der Waals surface area contributed by atoms with Gasteiger partial charge in [0.15, 0.2) is 11.5 Å². The van der Waals surface area contributed by atoms with Crippen LogP contribution in [0.5, 0.6) is 11.5 Å². The van der Waals surface area contributed by atoms with Crippen molar-refractivity contribution in [3.05, 3.63) is 99.5 Å². The second-order valence-electron chi connectivity index (χ2n) is 7.97. The van der Waals surface area contributed by atoms with Crippen LogP contribution in [-0.2, 0) is 17.9 Å². The minimum Gasteiger partial charge on any atom is -0.490 e. The average Bonchev–Trinajstić information content (AvgIpc) is 3.16. The van der Waals surface area contributed by atoms with Gasteiger partial charge in [0.2, 0.25) is 0 Å². The van der Waals surface area contributed by atoms with Gasteiger partial charge in [-0.25, -0.2) is 4.79 Å². The highest BCUT2D eigenvalue weighted by Gasteiger charge is 2.35. The van der Waals surface area contributed by atoms with Crippen LogP contribution >= 0.6 is 11.8 Å². The Hall–Kier alpha value is -4.55. The summed E-state index contributed by atoms with van der Waals surface area (Å²) in [4.78, 5) is 37.9. The van der Waals surface area contributed by atoms with Gasteiger partial charge in [-0.1, -0.05) is 36.4 Å². The van der Waals surface area contributed by atoms with Gasteiger partial charge < -0.3 is 14.6 Å². The third-order valence-corrected chi connectivity index (χ3v) is 6.41. The first-order valence-electron chi connectivity index (χ1n) is 11.3. The van der Waals surface area contributed by atoms with Gasteiger partial charge in [-0.3, -0.25) is 14.5 Å². The standard InChI is InChI=1S/C28H22N2O6S/c1-2-35-24-13-19(9-12-23(24)36-17-18-7-10-20(11-8-18)27(32)33)14-25-26(31)30(28(34)37-25)16-22-6-4-3-5-21(22)15-29/h3-14H,2,16-17H2,1H3,(H,32,33)/b25-14+. The van der Waals surface area contributed by atoms with Crippen molar-refractivity contribution >= 4 is 35.0 Å². The van der Waals surface area contributed by atoms with E-state index in [9.17, 15) is 19.6 Å². The van der Waals surface area contributed by atoms with Gasteiger partial charge in [0.25, 0.3) is 11.1 Å². The molecule has 0 aromatic heterocycles. The van der Waals surface area contributed by atoms with Gasteiger partial charge in [-0.15, -0.1) is 0 Å². The number of rotatable bonds is 9. The van der Waals surface area contributed by atoms with Crippen LogP contribution < -0.4 is 9.47 Å². The van der Waals surface area contributed by atoms with Crippen molar-refractivity contribution in [2.24, 2.45) is 0 Å². The number of nitriles is 1. The third-order valence-electron chi connectivity index (χ3n) is 5.50. The van der Waals surface area contributed by atoms with Crippen molar-refractivity contribution < 1.29 is 29.0 Å². The molecule has 1 fully saturated rings. The zero-order chi connectivity index (χ0) is 26.4. The molecular weight excluding hydrogens is 492 g/mol. The number of nitrogens with zero attached hydrogens (tertiary/aromatic N) is 2. The summed E-state index contributed by atoms with van der Waals surface area (Å²) >= 11 is 0.845. The molecular formula is C28H22N2O6S. The predicted molar refractivity (Wildman–Crippen MR) is 138 cm³/mol. The smallest absolute Gasteiger partial charge is 0.335 e. The number of carbonyl (C=O) groups excluding carboxylic acids is 2. The zero-order valence-corrected chi connectivity index (χ0v) is 20.7. The molecule has 1 N–H and O–H groups in total. The van der Waals surface area contributed by atoms with Gasteiger partial charge in [-0.2, -0.15) is 5.26 Å². The first-order valence-corrected chi connectivity index (χ1v) is 12.2. The molecule has 3 aromatic carbocycles. The minimum absolute atomic E-state index is 0.0240. The first kappa shape index (κ1) is 25.5. The number of aromatic carboxylic acids is 1. The summed E-state index contributed by atoms with van der Waals surface area (Å²) in [6.45, 7) is 2.46. The highest BCUT2D eigenvalue weighted by atomic mass is 32.2. The van der Waals surface area contributed by atoms with E-state index in [1.54, 1.807) is 60.7 Å². The molecule has 2 amide bonds. The molecule has 0 spiro atoms. The van der Waals surface area contributed by atoms with Crippen molar-refractivity contribution in [3.8, 4) is 17.6 Å². The summed E-state index contributed by atoms with van der Waals surface area (Å²) in [6.07, 6.45) is 1.62. The number of amides is 2. The topological polar surface area (TPSA) is 117 Å². The first-order chi connectivity index (χ1) is 17.9. The normalized spacial score (nSPS) is 14.1. The molecule has 8 nitrogen and oxygen atoms in total. The van der Waals surface area contributed by atoms with Crippen molar-refractivity contribution in [1.29, 1.82) is 5.26 Å². The maximum atomic E-state index is 13.0. The lowest BCUT2D eigenvalue weighted by atomic mass is 10.1. The van der Waals surface area contributed by atoms with E-state index < -0.39 is 17.1 Å². The fourth-order valence-electron chi connectivity index (χ4n) is 3.63. The molecule has 0 aliphatic carbocycles. The van der Waals surface area contributed by atoms with Crippen LogP contribution in [0.1, 0.15) is 39.5 Å². The Labute approximate surface area is 217 Å². The van der Waals surface area contributed by atoms with Crippen LogP contribution in [0.25, 0.3) is 6.08 Å². The number of carboxylic acids is 1. The van der Waals surface area contributed by atoms with E-state index in [1.807, 2.05) is 6.92 Å². The summed E-state index contributed by atoms with van der Waals surface area (Å²) in [7, 11) is 0. The lowest BCUT2D eigenvalue weighted by Crippen LogP contribution is -2.27. The zero-order valence-electron chi connectivity index (χ0n) is 19.8. The Morgan fingerprint density at radius 3 is 2.51 bits per heavy atom. The third kappa shape index (κ3) is 6.00. The van der Waals surface area contributed by atoms with E-state index in [4.69, 9.17) is 14.6 Å². The number of benzene rings is 3. The van der Waals surface area contributed by atoms with Crippen molar-refractivity contribution in [2.45, 2.75) is 20.1 Å². The maximum absolute atomic E-state index is 13.0. The molecule has 37 heavy (non-hydrogen) atoms. The largest absolute Gasteiger partial charge is 0.490 e. The van der Waals surface area contributed by atoms with Crippen LogP contribution in [-0.4, -0.2) is 33.7 Å². The maximum Gasteiger partial charge on any atom is 0.335 e. The van der Waals surface area contributed by atoms with E-state index in [-0.39, 0.29) is 23.6 Å². The number of thioether (sulfide) groups is 1. The van der Waals surface area contributed by atoms with Gasteiger partial charge in [0.05, 0.1) is 35.3 Å². The summed E-state index contributed by atoms with van der Waals surface area (Å²) in [5, 5.41) is 17.9. The van der Waals surface area contributed by atoms with Gasteiger partial charge in [-0.05, 0) is 71.8 Å². The van der Waals surface area contributed by atoms with E-state index in [1.165, 1.54) is 12.1 Å². The average molecular weight is 515 g/mol. The molecule has 0 unspecified atom stereocenters. The molecule has 4 rings (SSSR count). The number of carboxylic acid groups (broad SMARTS) is 1. The molecule has 0 bridgehead atoms. The molecule has 3 aromatic rings. The lowest BCUT2D eigenvalue weighted by Gasteiger charge is -2.14. The van der Waals surface area contributed by atoms with Crippen LogP contribution in [0.4, 0.5) is 4.79 Å². The second kappa shape index (κ2) is 11.5. The molecule has 0 atom stereocenters. The van der Waals surface area contributed by atoms with Gasteiger partial charge in [0, 0.05) is 0 Å². The summed E-state index contributed by atoms with van der Waals surface area (Å²) in [6, 6.07) is 20.5. The van der Waals surface area contributed by atoms with E-state index >= 15 is 0 Å². The van der Waals surface area contributed by atoms with Crippen molar-refractivity contribution in [3.63, 3.8) is 0 Å². The van der Waals surface area contributed by atoms with Crippen LogP contribution in [0, 0.1) is 11.3 Å². The quantitative estimate of drug-likeness (QED) is 0.374. The minimum atomic E-state index is -0.994. The molecule has 1 heterocycles. The van der Waals surface area contributed by atoms with Crippen molar-refractivity contribution in [1.82, 2.24) is 4.90 Å². The molecule has 1 aliphatic heterocycles. The number of hydrogen-bond donors (Lipinski definition) is 1. The predicted octanol–water partition coefficient (Wildman–Crippen LogP) is 5.47. The highest BCUT2D eigenvalue weighted by molar-refractivity contribution is 8.18. The monoisotopic (exact) mass is 514 g/mol. The fraction of sp³-hybridized carbons (Fsp3) is 0.143. The van der Waals surface area contributed by atoms with Crippen LogP contribution in [0.15, 0.2) is 71.6 Å². The second-order valence-corrected chi connectivity index (χ2v) is 8.96. The Kier molecular flexibility index (Phi) is 7.91. The Balaban J connectivity index is 1.50. The fourth-order valence-corrected chi connectivity index (χ4v) is 4.47. The van der Waals surface area contributed by atoms with E-state index in [2.05, 4.69) is 6.07 Å². The molecule has 186 valence electrons. The molecule has 0 radical (unpaired) electrons. The van der Waals surface area contributed by atoms with Gasteiger partial charge in [0.1, 0.15) is 6.61 Å². The Morgan fingerprint density at radius 2 is 1.81 bits per heavy atom. The van der Waals surface area contributed by atoms with Crippen LogP contribution in [0.3, 0.4) is 0 Å². The summed E-state index contributed by atoms with van der Waals surface area (Å²) < 4.78 is 11.6. The van der Waals surface area contributed by atoms with E-state index in [0.717, 1.165) is 22.2 Å². The van der Waals surface area contributed by atoms with Crippen LogP contribution in [0.2, 0.25) is 0 Å². The Morgan fingerprint density at radius 1 is 1.05 bits per heavy atom. The number of carbonyl (C=O) groups is 3. The number of hydrogen-bond acceptors (Lipinski definition) is 7. The van der Waals surface area contributed by atoms with E-state index in [0.29, 0.717) is 34.8 Å². The molecule has 1 saturated heterocycles. The Bertz CT molecular complexity index is 1430. The SMILES string of the molecule is CCOc1cc(/C=C2/SC(=O)N(Cc3ccccc3C#N)C2=O)ccc1OCc1ccc(C(=O)O)cc1. The highest BCUT2D eigenvalue weighted by Crippen LogP contribution is 2.36. The number of imide groups is 1. The molecule has 0 saturated carbocycles. The summed E-state index contributed by atoms with van der Waals surface area (Å²) in [5.74, 6) is -0.458.